The molecular weight excluding hydrogens is 192 g/mol. The van der Waals surface area contributed by atoms with Gasteiger partial charge in [0, 0.05) is 0 Å². The molecule has 0 bridgehead atoms. The summed E-state index contributed by atoms with van der Waals surface area (Å²) in [5.74, 6) is -0.895. The second kappa shape index (κ2) is 4.34. The van der Waals surface area contributed by atoms with Crippen molar-refractivity contribution in [2.75, 3.05) is 0 Å². The first-order valence-electron chi connectivity index (χ1n) is 4.93. The van der Waals surface area contributed by atoms with Crippen molar-refractivity contribution in [2.45, 2.75) is 27.2 Å². The molecule has 0 saturated carbocycles. The highest BCUT2D eigenvalue weighted by Crippen LogP contribution is 2.24. The number of benzene rings is 1. The van der Waals surface area contributed by atoms with Crippen LogP contribution in [0.1, 0.15) is 23.6 Å². The normalized spacial score (nSPS) is 12.5. The molecule has 0 aliphatic heterocycles. The first-order chi connectivity index (χ1) is 6.91. The van der Waals surface area contributed by atoms with Crippen molar-refractivity contribution >= 4 is 5.97 Å². The number of aliphatic carboxylic acids is 1. The lowest BCUT2D eigenvalue weighted by atomic mass is 9.97. The molecule has 0 amide bonds. The van der Waals surface area contributed by atoms with Crippen LogP contribution >= 0.6 is 0 Å². The van der Waals surface area contributed by atoms with Crippen molar-refractivity contribution in [2.24, 2.45) is 5.92 Å². The minimum Gasteiger partial charge on any atom is -0.507 e. The van der Waals surface area contributed by atoms with Gasteiger partial charge in [-0.2, -0.15) is 0 Å². The SMILES string of the molecule is Cc1cc(CC(C)C(=O)O)cc(C)c1O. The lowest BCUT2D eigenvalue weighted by Crippen LogP contribution is -2.12. The number of rotatable bonds is 3. The Morgan fingerprint density at radius 3 is 2.20 bits per heavy atom. The van der Waals surface area contributed by atoms with Gasteiger partial charge in [0.15, 0.2) is 0 Å². The molecule has 15 heavy (non-hydrogen) atoms. The molecule has 0 saturated heterocycles. The fourth-order valence-electron chi connectivity index (χ4n) is 1.60. The van der Waals surface area contributed by atoms with E-state index in [0.29, 0.717) is 12.2 Å². The average molecular weight is 208 g/mol. The van der Waals surface area contributed by atoms with E-state index in [2.05, 4.69) is 0 Å². The molecule has 0 aromatic heterocycles. The van der Waals surface area contributed by atoms with E-state index in [4.69, 9.17) is 5.11 Å². The van der Waals surface area contributed by atoms with Gasteiger partial charge in [-0.3, -0.25) is 4.79 Å². The van der Waals surface area contributed by atoms with E-state index in [1.807, 2.05) is 26.0 Å². The lowest BCUT2D eigenvalue weighted by Gasteiger charge is -2.10. The number of carbonyl (C=O) groups is 1. The molecule has 0 aliphatic rings. The Kier molecular flexibility index (Phi) is 3.35. The second-order valence-corrected chi connectivity index (χ2v) is 4.02. The summed E-state index contributed by atoms with van der Waals surface area (Å²) >= 11 is 0. The van der Waals surface area contributed by atoms with Crippen molar-refractivity contribution in [1.29, 1.82) is 0 Å². The summed E-state index contributed by atoms with van der Waals surface area (Å²) in [5, 5.41) is 18.3. The van der Waals surface area contributed by atoms with Crippen molar-refractivity contribution < 1.29 is 15.0 Å². The largest absolute Gasteiger partial charge is 0.507 e. The summed E-state index contributed by atoms with van der Waals surface area (Å²) in [6.07, 6.45) is 0.497. The molecule has 0 spiro atoms. The molecule has 1 aromatic rings. The summed E-state index contributed by atoms with van der Waals surface area (Å²) in [6, 6.07) is 3.67. The van der Waals surface area contributed by atoms with E-state index in [9.17, 15) is 9.90 Å². The maximum atomic E-state index is 10.7. The number of phenolic OH excluding ortho intramolecular Hbond substituents is 1. The molecule has 0 aliphatic carbocycles. The highest BCUT2D eigenvalue weighted by atomic mass is 16.4. The third-order valence-electron chi connectivity index (χ3n) is 2.51. The molecule has 0 radical (unpaired) electrons. The van der Waals surface area contributed by atoms with E-state index in [-0.39, 0.29) is 0 Å². The smallest absolute Gasteiger partial charge is 0.306 e. The highest BCUT2D eigenvalue weighted by Gasteiger charge is 2.13. The van der Waals surface area contributed by atoms with Gasteiger partial charge < -0.3 is 10.2 Å². The summed E-state index contributed by atoms with van der Waals surface area (Å²) in [6.45, 7) is 5.31. The van der Waals surface area contributed by atoms with Crippen LogP contribution in [0.5, 0.6) is 5.75 Å². The van der Waals surface area contributed by atoms with Crippen LogP contribution in [0.3, 0.4) is 0 Å². The van der Waals surface area contributed by atoms with Gasteiger partial charge in [-0.1, -0.05) is 19.1 Å². The summed E-state index contributed by atoms with van der Waals surface area (Å²) in [5.41, 5.74) is 2.54. The Balaban J connectivity index is 2.92. The number of aryl methyl sites for hydroxylation is 2. The number of carboxylic acids is 1. The number of hydrogen-bond donors (Lipinski definition) is 2. The van der Waals surface area contributed by atoms with Gasteiger partial charge in [0.1, 0.15) is 5.75 Å². The standard InChI is InChI=1S/C12H16O3/c1-7-4-10(5-8(2)11(7)13)6-9(3)12(14)15/h4-5,9,13H,6H2,1-3H3,(H,14,15). The van der Waals surface area contributed by atoms with Crippen LogP contribution in [0.25, 0.3) is 0 Å². The quantitative estimate of drug-likeness (QED) is 0.801. The predicted octanol–water partition coefficient (Wildman–Crippen LogP) is 2.27. The van der Waals surface area contributed by atoms with Gasteiger partial charge >= 0.3 is 5.97 Å². The zero-order chi connectivity index (χ0) is 11.6. The van der Waals surface area contributed by atoms with Crippen LogP contribution < -0.4 is 0 Å². The first kappa shape index (κ1) is 11.6. The monoisotopic (exact) mass is 208 g/mol. The van der Waals surface area contributed by atoms with E-state index in [1.54, 1.807) is 6.92 Å². The van der Waals surface area contributed by atoms with Crippen LogP contribution in [0, 0.1) is 19.8 Å². The van der Waals surface area contributed by atoms with Gasteiger partial charge in [-0.15, -0.1) is 0 Å². The van der Waals surface area contributed by atoms with Crippen molar-refractivity contribution in [3.8, 4) is 5.75 Å². The number of aromatic hydroxyl groups is 1. The van der Waals surface area contributed by atoms with E-state index < -0.39 is 11.9 Å². The van der Waals surface area contributed by atoms with E-state index in [0.717, 1.165) is 16.7 Å². The number of hydrogen-bond acceptors (Lipinski definition) is 2. The van der Waals surface area contributed by atoms with Crippen LogP contribution in [0.4, 0.5) is 0 Å². The fraction of sp³-hybridized carbons (Fsp3) is 0.417. The van der Waals surface area contributed by atoms with Crippen LogP contribution in [0.15, 0.2) is 12.1 Å². The minimum atomic E-state index is -0.793. The van der Waals surface area contributed by atoms with Crippen molar-refractivity contribution in [3.63, 3.8) is 0 Å². The zero-order valence-electron chi connectivity index (χ0n) is 9.24. The van der Waals surface area contributed by atoms with Crippen molar-refractivity contribution in [3.05, 3.63) is 28.8 Å². The molecule has 1 aromatic carbocycles. The fourth-order valence-corrected chi connectivity index (χ4v) is 1.60. The van der Waals surface area contributed by atoms with Gasteiger partial charge in [-0.05, 0) is 37.0 Å². The number of phenols is 1. The topological polar surface area (TPSA) is 57.5 Å². The molecule has 2 N–H and O–H groups in total. The highest BCUT2D eigenvalue weighted by molar-refractivity contribution is 5.70. The summed E-state index contributed by atoms with van der Waals surface area (Å²) in [4.78, 5) is 10.7. The molecule has 1 unspecified atom stereocenters. The molecule has 1 atom stereocenters. The Bertz CT molecular complexity index is 359. The van der Waals surface area contributed by atoms with Gasteiger partial charge in [0.05, 0.1) is 5.92 Å². The zero-order valence-corrected chi connectivity index (χ0v) is 9.24. The minimum absolute atomic E-state index is 0.293. The maximum Gasteiger partial charge on any atom is 0.306 e. The van der Waals surface area contributed by atoms with Crippen LogP contribution in [0.2, 0.25) is 0 Å². The lowest BCUT2D eigenvalue weighted by molar-refractivity contribution is -0.141. The average Bonchev–Trinajstić information content (AvgIpc) is 2.13. The molecule has 0 fully saturated rings. The summed E-state index contributed by atoms with van der Waals surface area (Å²) < 4.78 is 0. The van der Waals surface area contributed by atoms with E-state index in [1.165, 1.54) is 0 Å². The third-order valence-corrected chi connectivity index (χ3v) is 2.51. The molecule has 82 valence electrons. The Morgan fingerprint density at radius 2 is 1.80 bits per heavy atom. The predicted molar refractivity (Wildman–Crippen MR) is 58.1 cm³/mol. The third kappa shape index (κ3) is 2.72. The molecule has 3 heteroatoms. The van der Waals surface area contributed by atoms with Gasteiger partial charge in [-0.25, -0.2) is 0 Å². The van der Waals surface area contributed by atoms with Crippen LogP contribution in [-0.2, 0) is 11.2 Å². The number of carboxylic acid groups (broad SMARTS) is 1. The molecule has 0 heterocycles. The Labute approximate surface area is 89.4 Å². The maximum absolute atomic E-state index is 10.7. The first-order valence-corrected chi connectivity index (χ1v) is 4.93. The van der Waals surface area contributed by atoms with Crippen LogP contribution in [-0.4, -0.2) is 16.2 Å². The second-order valence-electron chi connectivity index (χ2n) is 4.02. The Morgan fingerprint density at radius 1 is 1.33 bits per heavy atom. The van der Waals surface area contributed by atoms with Gasteiger partial charge in [0.2, 0.25) is 0 Å². The van der Waals surface area contributed by atoms with Gasteiger partial charge in [0.25, 0.3) is 0 Å². The van der Waals surface area contributed by atoms with E-state index >= 15 is 0 Å². The van der Waals surface area contributed by atoms with Crippen molar-refractivity contribution in [1.82, 2.24) is 0 Å². The molecule has 3 nitrogen and oxygen atoms in total. The molecular formula is C12H16O3. The summed E-state index contributed by atoms with van der Waals surface area (Å²) in [7, 11) is 0. The Hall–Kier alpha value is -1.51. The molecule has 1 rings (SSSR count).